The fourth-order valence-electron chi connectivity index (χ4n) is 3.07. The third-order valence-electron chi connectivity index (χ3n) is 4.86. The smallest absolute Gasteiger partial charge is 0.379 e. The summed E-state index contributed by atoms with van der Waals surface area (Å²) in [5.74, 6) is -0.807. The van der Waals surface area contributed by atoms with E-state index >= 15 is 0 Å². The predicted molar refractivity (Wildman–Crippen MR) is 110 cm³/mol. The zero-order chi connectivity index (χ0) is 25.3. The molecule has 0 saturated carbocycles. The molecule has 0 bridgehead atoms. The first-order valence-electron chi connectivity index (χ1n) is 9.67. The number of rotatable bonds is 5. The second-order valence-corrected chi connectivity index (χ2v) is 7.81. The Kier molecular flexibility index (Phi) is 7.18. The van der Waals surface area contributed by atoms with Crippen LogP contribution in [0.5, 0.6) is 0 Å². The van der Waals surface area contributed by atoms with Crippen LogP contribution < -0.4 is 10.3 Å². The molecule has 0 spiro atoms. The number of benzene rings is 1. The summed E-state index contributed by atoms with van der Waals surface area (Å²) in [4.78, 5) is 18.9. The van der Waals surface area contributed by atoms with Gasteiger partial charge in [-0.15, -0.1) is 0 Å². The van der Waals surface area contributed by atoms with E-state index in [9.17, 15) is 36.2 Å². The molecule has 0 aliphatic carbocycles. The van der Waals surface area contributed by atoms with E-state index in [-0.39, 0.29) is 21.8 Å². The van der Waals surface area contributed by atoms with Crippen molar-refractivity contribution in [2.75, 3.05) is 0 Å². The van der Waals surface area contributed by atoms with Crippen molar-refractivity contribution in [2.45, 2.75) is 31.4 Å². The second kappa shape index (κ2) is 9.59. The molecule has 1 amide bonds. The summed E-state index contributed by atoms with van der Waals surface area (Å²) in [6, 6.07) is 7.30. The Bertz CT molecular complexity index is 1170. The summed E-state index contributed by atoms with van der Waals surface area (Å²) in [6.45, 7) is 1.49. The summed E-state index contributed by atoms with van der Waals surface area (Å²) in [6.07, 6.45) is -10.1. The van der Waals surface area contributed by atoms with Gasteiger partial charge in [-0.25, -0.2) is 4.98 Å². The molecule has 0 fully saturated rings. The molecule has 2 atom stereocenters. The van der Waals surface area contributed by atoms with Crippen LogP contribution in [0.25, 0.3) is 11.3 Å². The summed E-state index contributed by atoms with van der Waals surface area (Å²) >= 11 is 5.79. The van der Waals surface area contributed by atoms with Gasteiger partial charge in [-0.2, -0.15) is 26.3 Å². The maximum atomic E-state index is 13.1. The molecule has 0 aliphatic rings. The van der Waals surface area contributed by atoms with Crippen LogP contribution in [-0.4, -0.2) is 22.2 Å². The van der Waals surface area contributed by atoms with Crippen molar-refractivity contribution in [3.63, 3.8) is 0 Å². The van der Waals surface area contributed by atoms with Crippen LogP contribution >= 0.6 is 11.6 Å². The molecule has 2 aromatic heterocycles. The molecule has 1 aromatic carbocycles. The van der Waals surface area contributed by atoms with Crippen LogP contribution in [-0.2, 0) is 6.18 Å². The van der Waals surface area contributed by atoms with Gasteiger partial charge in [0.25, 0.3) is 11.6 Å². The molecule has 180 valence electrons. The van der Waals surface area contributed by atoms with Gasteiger partial charge in [0, 0.05) is 29.0 Å². The number of amides is 1. The molecule has 3 aromatic rings. The molecule has 1 unspecified atom stereocenters. The van der Waals surface area contributed by atoms with Crippen LogP contribution in [0.2, 0.25) is 5.02 Å². The number of halogens is 7. The third-order valence-corrected chi connectivity index (χ3v) is 5.08. The van der Waals surface area contributed by atoms with Crippen LogP contribution in [0, 0.1) is 0 Å². The fourth-order valence-corrected chi connectivity index (χ4v) is 3.18. The van der Waals surface area contributed by atoms with E-state index in [4.69, 9.17) is 11.6 Å². The lowest BCUT2D eigenvalue weighted by Crippen LogP contribution is -2.29. The molecule has 34 heavy (non-hydrogen) atoms. The van der Waals surface area contributed by atoms with Gasteiger partial charge in [-0.05, 0) is 48.9 Å². The number of nitrogens with one attached hydrogen (secondary N) is 2. The number of alkyl halides is 6. The molecular formula is C22H17ClF6N3O2+. The van der Waals surface area contributed by atoms with E-state index in [1.54, 1.807) is 0 Å². The summed E-state index contributed by atoms with van der Waals surface area (Å²) in [7, 11) is 0. The predicted octanol–water partition coefficient (Wildman–Crippen LogP) is 5.32. The van der Waals surface area contributed by atoms with Crippen molar-refractivity contribution in [3.05, 3.63) is 82.3 Å². The molecule has 12 heteroatoms. The van der Waals surface area contributed by atoms with Crippen LogP contribution in [0.1, 0.15) is 46.2 Å². The number of carbonyl (C=O) groups is 1. The number of H-pyrrole nitrogens is 1. The first kappa shape index (κ1) is 25.4. The molecule has 3 rings (SSSR count). The number of hydrogen-bond acceptors (Lipinski definition) is 3. The van der Waals surface area contributed by atoms with E-state index in [1.165, 1.54) is 31.3 Å². The highest BCUT2D eigenvalue weighted by atomic mass is 35.5. The van der Waals surface area contributed by atoms with E-state index < -0.39 is 41.7 Å². The van der Waals surface area contributed by atoms with Crippen LogP contribution in [0.3, 0.4) is 0 Å². The molecule has 3 N–H and O–H groups in total. The molecule has 0 aliphatic heterocycles. The Hall–Kier alpha value is -3.18. The highest BCUT2D eigenvalue weighted by molar-refractivity contribution is 6.30. The Morgan fingerprint density at radius 2 is 1.76 bits per heavy atom. The number of pyridine rings is 2. The number of aromatic nitrogens is 2. The molecular weight excluding hydrogens is 488 g/mol. The minimum atomic E-state index is -4.98. The first-order valence-corrected chi connectivity index (χ1v) is 10.0. The van der Waals surface area contributed by atoms with Gasteiger partial charge < -0.3 is 10.4 Å². The lowest BCUT2D eigenvalue weighted by atomic mass is 9.98. The number of carbonyl (C=O) groups excluding carboxylic acids is 1. The Labute approximate surface area is 194 Å². The van der Waals surface area contributed by atoms with Gasteiger partial charge in [0.1, 0.15) is 0 Å². The lowest BCUT2D eigenvalue weighted by molar-refractivity contribution is -0.426. The van der Waals surface area contributed by atoms with E-state index in [2.05, 4.69) is 15.3 Å². The monoisotopic (exact) mass is 504 g/mol. The SMILES string of the molecule is C[C@@H](NC(=O)c1cc(-c2ccc(Cl)cn2)cc(C(O)C(F)(F)F)c1)c1ccc(C(F)(F)F)[nH+]c1. The highest BCUT2D eigenvalue weighted by Crippen LogP contribution is 2.35. The van der Waals surface area contributed by atoms with E-state index in [1.807, 2.05) is 0 Å². The van der Waals surface area contributed by atoms with Crippen LogP contribution in [0.15, 0.2) is 54.9 Å². The zero-order valence-electron chi connectivity index (χ0n) is 17.3. The van der Waals surface area contributed by atoms with Crippen molar-refractivity contribution < 1.29 is 41.2 Å². The number of aromatic amines is 1. The summed E-state index contributed by atoms with van der Waals surface area (Å²) in [5, 5.41) is 12.5. The minimum Gasteiger partial charge on any atom is -0.379 e. The van der Waals surface area contributed by atoms with Gasteiger partial charge in [-0.1, -0.05) is 11.6 Å². The standard InChI is InChI=1S/C22H16ClF6N3O2/c1-11(12-2-5-18(31-9-12)21(24,25)26)32-20(34)15-7-13(17-4-3-16(23)10-30-17)6-14(8-15)19(33)22(27,28)29/h2-11,19,33H,1H3,(H,32,34)/p+1/t11-,19?/m1/s1. The van der Waals surface area contributed by atoms with Gasteiger partial charge in [-0.3, -0.25) is 9.78 Å². The zero-order valence-corrected chi connectivity index (χ0v) is 18.1. The third kappa shape index (κ3) is 6.03. The fraction of sp³-hybridized carbons (Fsp3) is 0.227. The number of aliphatic hydroxyl groups excluding tert-OH is 1. The Morgan fingerprint density at radius 1 is 1.06 bits per heavy atom. The first-order chi connectivity index (χ1) is 15.8. The maximum absolute atomic E-state index is 13.1. The molecule has 0 radical (unpaired) electrons. The Balaban J connectivity index is 1.93. The van der Waals surface area contributed by atoms with Gasteiger partial charge in [0.15, 0.2) is 12.3 Å². The van der Waals surface area contributed by atoms with E-state index in [0.717, 1.165) is 30.5 Å². The van der Waals surface area contributed by atoms with Crippen molar-refractivity contribution in [1.29, 1.82) is 0 Å². The van der Waals surface area contributed by atoms with E-state index in [0.29, 0.717) is 5.56 Å². The normalized spacial score (nSPS) is 13.9. The Morgan fingerprint density at radius 3 is 2.29 bits per heavy atom. The average molecular weight is 505 g/mol. The lowest BCUT2D eigenvalue weighted by Gasteiger charge is -2.18. The number of hydrogen-bond donors (Lipinski definition) is 2. The minimum absolute atomic E-state index is 0.123. The van der Waals surface area contributed by atoms with Crippen molar-refractivity contribution in [2.24, 2.45) is 0 Å². The van der Waals surface area contributed by atoms with Crippen molar-refractivity contribution >= 4 is 17.5 Å². The molecule has 5 nitrogen and oxygen atoms in total. The summed E-state index contributed by atoms with van der Waals surface area (Å²) < 4.78 is 77.6. The van der Waals surface area contributed by atoms with Crippen LogP contribution in [0.4, 0.5) is 26.3 Å². The highest BCUT2D eigenvalue weighted by Gasteiger charge is 2.40. The van der Waals surface area contributed by atoms with Gasteiger partial charge >= 0.3 is 12.4 Å². The topological polar surface area (TPSA) is 76.4 Å². The molecule has 0 saturated heterocycles. The van der Waals surface area contributed by atoms with Crippen molar-refractivity contribution in [3.8, 4) is 11.3 Å². The summed E-state index contributed by atoms with van der Waals surface area (Å²) in [5.41, 5.74) is -1.15. The maximum Gasteiger partial charge on any atom is 0.477 e. The largest absolute Gasteiger partial charge is 0.477 e. The average Bonchev–Trinajstić information content (AvgIpc) is 2.77. The van der Waals surface area contributed by atoms with Crippen molar-refractivity contribution in [1.82, 2.24) is 10.3 Å². The van der Waals surface area contributed by atoms with Gasteiger partial charge in [0.2, 0.25) is 0 Å². The number of nitrogens with zero attached hydrogens (tertiary/aromatic N) is 1. The second-order valence-electron chi connectivity index (χ2n) is 7.38. The quantitative estimate of drug-likeness (QED) is 0.462. The van der Waals surface area contributed by atoms with Gasteiger partial charge in [0.05, 0.1) is 16.8 Å². The molecule has 2 heterocycles. The number of aliphatic hydroxyl groups is 1.